The van der Waals surface area contributed by atoms with Gasteiger partial charge in [-0.3, -0.25) is 4.90 Å². The number of aliphatic hydroxyl groups is 4. The number of nitrogens with zero attached hydrogens (tertiary/aromatic N) is 1. The van der Waals surface area contributed by atoms with E-state index < -0.39 is 12.2 Å². The molecule has 1 rings (SSSR count). The predicted octanol–water partition coefficient (Wildman–Crippen LogP) is -0.673. The summed E-state index contributed by atoms with van der Waals surface area (Å²) in [5.74, 6) is 0. The van der Waals surface area contributed by atoms with Crippen LogP contribution in [0.25, 0.3) is 0 Å². The molecule has 0 saturated heterocycles. The van der Waals surface area contributed by atoms with E-state index in [0.29, 0.717) is 19.1 Å². The Morgan fingerprint density at radius 3 is 1.76 bits per heavy atom. The van der Waals surface area contributed by atoms with Crippen LogP contribution in [0.15, 0.2) is 0 Å². The molecule has 0 heterocycles. The van der Waals surface area contributed by atoms with Crippen LogP contribution in [-0.2, 0) is 0 Å². The molecule has 5 nitrogen and oxygen atoms in total. The molecule has 1 aliphatic carbocycles. The molecule has 1 fully saturated rings. The van der Waals surface area contributed by atoms with Crippen LogP contribution in [0.2, 0.25) is 0 Å². The molecule has 0 aromatic heterocycles. The molecule has 0 bridgehead atoms. The first-order chi connectivity index (χ1) is 8.17. The van der Waals surface area contributed by atoms with Crippen molar-refractivity contribution < 1.29 is 20.4 Å². The second-order valence-corrected chi connectivity index (χ2v) is 4.92. The lowest BCUT2D eigenvalue weighted by Gasteiger charge is -2.36. The van der Waals surface area contributed by atoms with Crippen LogP contribution in [0.3, 0.4) is 0 Å². The monoisotopic (exact) mass is 247 g/mol. The molecule has 2 unspecified atom stereocenters. The van der Waals surface area contributed by atoms with Gasteiger partial charge in [-0.25, -0.2) is 0 Å². The van der Waals surface area contributed by atoms with Crippen molar-refractivity contribution in [1.82, 2.24) is 4.90 Å². The summed E-state index contributed by atoms with van der Waals surface area (Å²) >= 11 is 0. The lowest BCUT2D eigenvalue weighted by Crippen LogP contribution is -2.46. The fraction of sp³-hybridized carbons (Fsp3) is 1.00. The van der Waals surface area contributed by atoms with E-state index in [1.54, 1.807) is 0 Å². The molecule has 102 valence electrons. The van der Waals surface area contributed by atoms with E-state index in [4.69, 9.17) is 10.2 Å². The van der Waals surface area contributed by atoms with E-state index in [1.165, 1.54) is 19.3 Å². The zero-order valence-electron chi connectivity index (χ0n) is 10.3. The Morgan fingerprint density at radius 2 is 1.35 bits per heavy atom. The van der Waals surface area contributed by atoms with Crippen LogP contribution in [0.4, 0.5) is 0 Å². The second-order valence-electron chi connectivity index (χ2n) is 4.92. The summed E-state index contributed by atoms with van der Waals surface area (Å²) in [5, 5.41) is 36.8. The van der Waals surface area contributed by atoms with Crippen molar-refractivity contribution in [2.45, 2.75) is 50.4 Å². The van der Waals surface area contributed by atoms with Crippen LogP contribution in [0.5, 0.6) is 0 Å². The predicted molar refractivity (Wildman–Crippen MR) is 64.6 cm³/mol. The fourth-order valence-electron chi connectivity index (χ4n) is 2.48. The Balaban J connectivity index is 2.50. The van der Waals surface area contributed by atoms with E-state index in [9.17, 15) is 10.2 Å². The standard InChI is InChI=1S/C12H25NO4/c14-8-11(16)6-13(7-12(17)9-15)10-4-2-1-3-5-10/h10-12,14-17H,1-9H2. The average molecular weight is 247 g/mol. The number of aliphatic hydroxyl groups excluding tert-OH is 4. The van der Waals surface area contributed by atoms with E-state index in [1.807, 2.05) is 4.90 Å². The SMILES string of the molecule is OCC(O)CN(CC(O)CO)C1CCCCC1. The number of hydrogen-bond acceptors (Lipinski definition) is 5. The lowest BCUT2D eigenvalue weighted by molar-refractivity contribution is 0.000349. The zero-order chi connectivity index (χ0) is 12.7. The van der Waals surface area contributed by atoms with Crippen LogP contribution in [0.1, 0.15) is 32.1 Å². The first-order valence-electron chi connectivity index (χ1n) is 6.49. The van der Waals surface area contributed by atoms with Crippen molar-refractivity contribution in [1.29, 1.82) is 0 Å². The molecule has 0 aromatic carbocycles. The normalized spacial score (nSPS) is 21.7. The van der Waals surface area contributed by atoms with Gasteiger partial charge in [0.05, 0.1) is 25.4 Å². The Kier molecular flexibility index (Phi) is 6.99. The molecule has 4 N–H and O–H groups in total. The van der Waals surface area contributed by atoms with E-state index in [-0.39, 0.29) is 13.2 Å². The largest absolute Gasteiger partial charge is 0.394 e. The Morgan fingerprint density at radius 1 is 0.882 bits per heavy atom. The Bertz CT molecular complexity index is 185. The van der Waals surface area contributed by atoms with Crippen molar-refractivity contribution in [2.75, 3.05) is 26.3 Å². The summed E-state index contributed by atoms with van der Waals surface area (Å²) in [4.78, 5) is 2.00. The van der Waals surface area contributed by atoms with Crippen LogP contribution >= 0.6 is 0 Å². The molecule has 0 aromatic rings. The van der Waals surface area contributed by atoms with Gasteiger partial charge in [0.25, 0.3) is 0 Å². The topological polar surface area (TPSA) is 84.2 Å². The van der Waals surface area contributed by atoms with Gasteiger partial charge in [0, 0.05) is 19.1 Å². The van der Waals surface area contributed by atoms with Gasteiger partial charge in [0.15, 0.2) is 0 Å². The van der Waals surface area contributed by atoms with Gasteiger partial charge < -0.3 is 20.4 Å². The van der Waals surface area contributed by atoms with Crippen LogP contribution < -0.4 is 0 Å². The van der Waals surface area contributed by atoms with Crippen molar-refractivity contribution >= 4 is 0 Å². The molecule has 5 heteroatoms. The van der Waals surface area contributed by atoms with Gasteiger partial charge in [0.2, 0.25) is 0 Å². The summed E-state index contributed by atoms with van der Waals surface area (Å²) < 4.78 is 0. The third kappa shape index (κ3) is 5.31. The molecular formula is C12H25NO4. The van der Waals surface area contributed by atoms with E-state index in [0.717, 1.165) is 12.8 Å². The third-order valence-corrected chi connectivity index (χ3v) is 3.40. The summed E-state index contributed by atoms with van der Waals surface area (Å²) in [6.45, 7) is 0.188. The highest BCUT2D eigenvalue weighted by atomic mass is 16.3. The van der Waals surface area contributed by atoms with Crippen LogP contribution in [-0.4, -0.2) is 69.9 Å². The summed E-state index contributed by atoms with van der Waals surface area (Å²) in [5.41, 5.74) is 0. The maximum absolute atomic E-state index is 9.51. The molecule has 1 saturated carbocycles. The molecule has 17 heavy (non-hydrogen) atoms. The quantitative estimate of drug-likeness (QED) is 0.479. The maximum atomic E-state index is 9.51. The molecule has 2 atom stereocenters. The van der Waals surface area contributed by atoms with Crippen molar-refractivity contribution in [2.24, 2.45) is 0 Å². The third-order valence-electron chi connectivity index (χ3n) is 3.40. The van der Waals surface area contributed by atoms with Gasteiger partial charge in [-0.1, -0.05) is 19.3 Å². The Hall–Kier alpha value is -0.200. The van der Waals surface area contributed by atoms with Crippen molar-refractivity contribution in [3.05, 3.63) is 0 Å². The van der Waals surface area contributed by atoms with Gasteiger partial charge in [0.1, 0.15) is 0 Å². The maximum Gasteiger partial charge on any atom is 0.0897 e. The zero-order valence-corrected chi connectivity index (χ0v) is 10.3. The molecule has 0 amide bonds. The fourth-order valence-corrected chi connectivity index (χ4v) is 2.48. The molecule has 0 radical (unpaired) electrons. The highest BCUT2D eigenvalue weighted by Crippen LogP contribution is 2.22. The summed E-state index contributed by atoms with van der Waals surface area (Å²) in [6.07, 6.45) is 4.17. The summed E-state index contributed by atoms with van der Waals surface area (Å²) in [7, 11) is 0. The van der Waals surface area contributed by atoms with Gasteiger partial charge in [-0.2, -0.15) is 0 Å². The Labute approximate surface area is 103 Å². The van der Waals surface area contributed by atoms with Crippen LogP contribution in [0, 0.1) is 0 Å². The minimum atomic E-state index is -0.775. The average Bonchev–Trinajstić information content (AvgIpc) is 2.38. The minimum Gasteiger partial charge on any atom is -0.394 e. The number of hydrogen-bond donors (Lipinski definition) is 4. The van der Waals surface area contributed by atoms with E-state index >= 15 is 0 Å². The highest BCUT2D eigenvalue weighted by Gasteiger charge is 2.24. The molecule has 1 aliphatic rings. The second kappa shape index (κ2) is 8.00. The molecule has 0 aliphatic heterocycles. The molecular weight excluding hydrogens is 222 g/mol. The number of rotatable bonds is 7. The lowest BCUT2D eigenvalue weighted by atomic mass is 9.93. The van der Waals surface area contributed by atoms with Crippen molar-refractivity contribution in [3.8, 4) is 0 Å². The van der Waals surface area contributed by atoms with Gasteiger partial charge in [-0.15, -0.1) is 0 Å². The smallest absolute Gasteiger partial charge is 0.0897 e. The first-order valence-corrected chi connectivity index (χ1v) is 6.49. The first kappa shape index (κ1) is 14.9. The van der Waals surface area contributed by atoms with Crippen molar-refractivity contribution in [3.63, 3.8) is 0 Å². The minimum absolute atomic E-state index is 0.265. The highest BCUT2D eigenvalue weighted by molar-refractivity contribution is 4.79. The van der Waals surface area contributed by atoms with E-state index in [2.05, 4.69) is 0 Å². The molecule has 0 spiro atoms. The van der Waals surface area contributed by atoms with Gasteiger partial charge in [-0.05, 0) is 12.8 Å². The van der Waals surface area contributed by atoms with Gasteiger partial charge >= 0.3 is 0 Å². The summed E-state index contributed by atoms with van der Waals surface area (Å²) in [6, 6.07) is 0.353.